The zero-order chi connectivity index (χ0) is 22.7. The first-order chi connectivity index (χ1) is 15.5. The number of likely N-dealkylation sites (tertiary alicyclic amines) is 1. The quantitative estimate of drug-likeness (QED) is 0.651. The molecule has 0 radical (unpaired) electrons. The van der Waals surface area contributed by atoms with Gasteiger partial charge in [-0.15, -0.1) is 0 Å². The Morgan fingerprint density at radius 2 is 1.84 bits per heavy atom. The van der Waals surface area contributed by atoms with Gasteiger partial charge in [-0.25, -0.2) is 0 Å². The molecular formula is C24H28N2O6. The molecule has 2 heterocycles. The van der Waals surface area contributed by atoms with Crippen molar-refractivity contribution in [1.82, 2.24) is 10.2 Å². The molecule has 2 aromatic rings. The summed E-state index contributed by atoms with van der Waals surface area (Å²) in [6, 6.07) is 12.5. The maximum absolute atomic E-state index is 12.6. The summed E-state index contributed by atoms with van der Waals surface area (Å²) in [5.74, 6) is -0.0909. The van der Waals surface area contributed by atoms with Crippen molar-refractivity contribution >= 4 is 11.9 Å². The zero-order valence-electron chi connectivity index (χ0n) is 18.2. The Morgan fingerprint density at radius 3 is 2.53 bits per heavy atom. The van der Waals surface area contributed by atoms with Crippen LogP contribution in [0.2, 0.25) is 0 Å². The summed E-state index contributed by atoms with van der Waals surface area (Å²) >= 11 is 0. The van der Waals surface area contributed by atoms with Crippen LogP contribution in [0.5, 0.6) is 17.2 Å². The molecule has 3 atom stereocenters. The topological polar surface area (TPSA) is 97.3 Å². The van der Waals surface area contributed by atoms with Gasteiger partial charge in [0.1, 0.15) is 5.75 Å². The third kappa shape index (κ3) is 4.36. The fourth-order valence-corrected chi connectivity index (χ4v) is 4.58. The molecule has 2 N–H and O–H groups in total. The van der Waals surface area contributed by atoms with Gasteiger partial charge in [0.05, 0.1) is 19.6 Å². The Hall–Kier alpha value is -3.26. The third-order valence-electron chi connectivity index (χ3n) is 6.08. The number of fused-ring (bicyclic) bond motifs is 1. The van der Waals surface area contributed by atoms with Crippen LogP contribution in [-0.4, -0.2) is 55.4 Å². The number of methoxy groups -OCH3 is 1. The number of rotatable bonds is 8. The largest absolute Gasteiger partial charge is 0.497 e. The predicted molar refractivity (Wildman–Crippen MR) is 117 cm³/mol. The minimum absolute atomic E-state index is 0.114. The minimum atomic E-state index is -0.898. The number of carbonyl (C=O) groups is 2. The number of hydrogen-bond donors (Lipinski definition) is 2. The number of carbonyl (C=O) groups excluding carboxylic acids is 1. The number of amides is 1. The molecule has 2 aliphatic heterocycles. The third-order valence-corrected chi connectivity index (χ3v) is 6.08. The zero-order valence-corrected chi connectivity index (χ0v) is 18.2. The number of hydrogen-bond acceptors (Lipinski definition) is 6. The van der Waals surface area contributed by atoms with Crippen molar-refractivity contribution in [3.8, 4) is 17.2 Å². The van der Waals surface area contributed by atoms with Crippen LogP contribution in [0.15, 0.2) is 42.5 Å². The van der Waals surface area contributed by atoms with Gasteiger partial charge in [-0.2, -0.15) is 0 Å². The fraction of sp³-hybridized carbons (Fsp3) is 0.417. The first kappa shape index (κ1) is 22.0. The average molecular weight is 440 g/mol. The van der Waals surface area contributed by atoms with Gasteiger partial charge in [-0.05, 0) is 41.8 Å². The van der Waals surface area contributed by atoms with Crippen molar-refractivity contribution in [3.05, 3.63) is 53.6 Å². The van der Waals surface area contributed by atoms with Crippen molar-refractivity contribution in [2.75, 3.05) is 33.5 Å². The van der Waals surface area contributed by atoms with Crippen LogP contribution in [0.25, 0.3) is 0 Å². The highest BCUT2D eigenvalue weighted by atomic mass is 16.7. The second-order valence-electron chi connectivity index (χ2n) is 8.08. The maximum atomic E-state index is 12.6. The van der Waals surface area contributed by atoms with Gasteiger partial charge >= 0.3 is 5.97 Å². The molecule has 0 bridgehead atoms. The molecule has 2 aliphatic rings. The van der Waals surface area contributed by atoms with E-state index in [1.807, 2.05) is 48.2 Å². The van der Waals surface area contributed by atoms with Gasteiger partial charge in [0, 0.05) is 25.0 Å². The van der Waals surface area contributed by atoms with Crippen LogP contribution in [0.4, 0.5) is 0 Å². The van der Waals surface area contributed by atoms with Crippen molar-refractivity contribution in [1.29, 1.82) is 0 Å². The number of aliphatic carboxylic acids is 1. The van der Waals surface area contributed by atoms with E-state index in [0.717, 1.165) is 17.5 Å². The lowest BCUT2D eigenvalue weighted by Gasteiger charge is -2.27. The van der Waals surface area contributed by atoms with E-state index < -0.39 is 17.9 Å². The molecule has 2 aromatic carbocycles. The van der Waals surface area contributed by atoms with Gasteiger partial charge in [0.2, 0.25) is 12.7 Å². The molecule has 1 fully saturated rings. The molecular weight excluding hydrogens is 412 g/mol. The van der Waals surface area contributed by atoms with E-state index in [-0.39, 0.29) is 25.2 Å². The lowest BCUT2D eigenvalue weighted by molar-refractivity contribution is -0.143. The van der Waals surface area contributed by atoms with Crippen LogP contribution in [-0.2, 0) is 9.59 Å². The molecule has 0 spiro atoms. The van der Waals surface area contributed by atoms with E-state index in [0.29, 0.717) is 30.3 Å². The lowest BCUT2D eigenvalue weighted by atomic mass is 9.83. The molecule has 1 amide bonds. The van der Waals surface area contributed by atoms with Crippen LogP contribution >= 0.6 is 0 Å². The minimum Gasteiger partial charge on any atom is -0.497 e. The number of ether oxygens (including phenoxy) is 3. The number of nitrogens with zero attached hydrogens (tertiary/aromatic N) is 1. The molecule has 32 heavy (non-hydrogen) atoms. The van der Waals surface area contributed by atoms with Crippen molar-refractivity contribution in [2.24, 2.45) is 5.92 Å². The number of nitrogens with one attached hydrogen (secondary N) is 1. The van der Waals surface area contributed by atoms with Gasteiger partial charge in [0.15, 0.2) is 11.5 Å². The summed E-state index contributed by atoms with van der Waals surface area (Å²) in [4.78, 5) is 27.0. The Morgan fingerprint density at radius 1 is 1.12 bits per heavy atom. The second kappa shape index (κ2) is 9.48. The van der Waals surface area contributed by atoms with Gasteiger partial charge in [-0.1, -0.05) is 25.1 Å². The first-order valence-corrected chi connectivity index (χ1v) is 10.8. The van der Waals surface area contributed by atoms with E-state index in [2.05, 4.69) is 5.32 Å². The number of benzene rings is 2. The van der Waals surface area contributed by atoms with E-state index in [4.69, 9.17) is 14.2 Å². The average Bonchev–Trinajstić information content (AvgIpc) is 3.41. The molecule has 0 saturated carbocycles. The summed E-state index contributed by atoms with van der Waals surface area (Å²) in [7, 11) is 1.59. The Kier molecular flexibility index (Phi) is 6.50. The van der Waals surface area contributed by atoms with Crippen LogP contribution in [0.1, 0.15) is 36.4 Å². The van der Waals surface area contributed by atoms with Crippen LogP contribution in [0.3, 0.4) is 0 Å². The van der Waals surface area contributed by atoms with Gasteiger partial charge in [-0.3, -0.25) is 14.5 Å². The SMILES string of the molecule is CCCNC(=O)CN1CC(c2ccc(OC)cc2)C(C(=O)O)C1c1ccc2c(c1)OCO2. The molecule has 1 saturated heterocycles. The van der Waals surface area contributed by atoms with E-state index >= 15 is 0 Å². The van der Waals surface area contributed by atoms with Crippen molar-refractivity contribution in [2.45, 2.75) is 25.3 Å². The highest BCUT2D eigenvalue weighted by molar-refractivity contribution is 5.79. The molecule has 4 rings (SSSR count). The smallest absolute Gasteiger partial charge is 0.309 e. The van der Waals surface area contributed by atoms with Crippen molar-refractivity contribution in [3.63, 3.8) is 0 Å². The second-order valence-corrected chi connectivity index (χ2v) is 8.08. The molecule has 8 nitrogen and oxygen atoms in total. The summed E-state index contributed by atoms with van der Waals surface area (Å²) in [5, 5.41) is 13.2. The Balaban J connectivity index is 1.70. The Labute approximate surface area is 187 Å². The molecule has 0 aliphatic carbocycles. The summed E-state index contributed by atoms with van der Waals surface area (Å²) in [6.45, 7) is 3.29. The van der Waals surface area contributed by atoms with Gasteiger partial charge < -0.3 is 24.6 Å². The monoisotopic (exact) mass is 440 g/mol. The van der Waals surface area contributed by atoms with Crippen LogP contribution in [0, 0.1) is 5.92 Å². The molecule has 170 valence electrons. The molecule has 8 heteroatoms. The predicted octanol–water partition coefficient (Wildman–Crippen LogP) is 2.79. The van der Waals surface area contributed by atoms with E-state index in [9.17, 15) is 14.7 Å². The fourth-order valence-electron chi connectivity index (χ4n) is 4.58. The normalized spacial score (nSPS) is 22.0. The highest BCUT2D eigenvalue weighted by Gasteiger charge is 2.48. The Bertz CT molecular complexity index is 977. The highest BCUT2D eigenvalue weighted by Crippen LogP contribution is 2.47. The van der Waals surface area contributed by atoms with Crippen molar-refractivity contribution < 1.29 is 28.9 Å². The van der Waals surface area contributed by atoms with E-state index in [1.54, 1.807) is 13.2 Å². The van der Waals surface area contributed by atoms with Crippen LogP contribution < -0.4 is 19.5 Å². The number of carboxylic acid groups (broad SMARTS) is 1. The summed E-state index contributed by atoms with van der Waals surface area (Å²) in [6.07, 6.45) is 0.837. The molecule has 3 unspecified atom stereocenters. The first-order valence-electron chi connectivity index (χ1n) is 10.8. The lowest BCUT2D eigenvalue weighted by Crippen LogP contribution is -2.38. The maximum Gasteiger partial charge on any atom is 0.309 e. The summed E-state index contributed by atoms with van der Waals surface area (Å²) in [5.41, 5.74) is 1.70. The van der Waals surface area contributed by atoms with E-state index in [1.165, 1.54) is 0 Å². The van der Waals surface area contributed by atoms with Gasteiger partial charge in [0.25, 0.3) is 0 Å². The standard InChI is InChI=1S/C24H28N2O6/c1-3-10-25-21(27)13-26-12-18(15-4-7-17(30-2)8-5-15)22(24(28)29)23(26)16-6-9-19-20(11-16)32-14-31-19/h4-9,11,18,22-23H,3,10,12-14H2,1-2H3,(H,25,27)(H,28,29). The summed E-state index contributed by atoms with van der Waals surface area (Å²) < 4.78 is 16.2. The molecule has 0 aromatic heterocycles. The number of carboxylic acids is 1.